The molecule has 2 aromatic heterocycles. The first-order valence-electron chi connectivity index (χ1n) is 9.50. The third-order valence-corrected chi connectivity index (χ3v) is 4.88. The van der Waals surface area contributed by atoms with Crippen molar-refractivity contribution < 1.29 is 14.1 Å². The van der Waals surface area contributed by atoms with Crippen molar-refractivity contribution >= 4 is 11.8 Å². The van der Waals surface area contributed by atoms with E-state index in [9.17, 15) is 9.59 Å². The number of aryl methyl sites for hydroxylation is 1. The molecule has 8 heteroatoms. The lowest BCUT2D eigenvalue weighted by Gasteiger charge is -2.29. The molecule has 1 fully saturated rings. The van der Waals surface area contributed by atoms with Gasteiger partial charge in [0.25, 0.3) is 17.7 Å². The number of hydrogen-bond donors (Lipinski definition) is 0. The molecular weight excluding hydrogens is 370 g/mol. The van der Waals surface area contributed by atoms with Gasteiger partial charge in [-0.1, -0.05) is 29.4 Å². The molecule has 0 spiro atoms. The summed E-state index contributed by atoms with van der Waals surface area (Å²) in [6, 6.07) is 13.8. The van der Waals surface area contributed by atoms with E-state index in [0.717, 1.165) is 0 Å². The molecule has 0 bridgehead atoms. The maximum absolute atomic E-state index is 13.2. The van der Waals surface area contributed by atoms with Gasteiger partial charge in [-0.3, -0.25) is 14.6 Å². The van der Waals surface area contributed by atoms with Gasteiger partial charge < -0.3 is 14.3 Å². The lowest BCUT2D eigenvalue weighted by molar-refractivity contribution is 0.0591. The Labute approximate surface area is 168 Å². The molecule has 0 N–H and O–H groups in total. The van der Waals surface area contributed by atoms with Crippen LogP contribution in [0.2, 0.25) is 0 Å². The van der Waals surface area contributed by atoms with Crippen molar-refractivity contribution in [3.63, 3.8) is 0 Å². The second-order valence-electron chi connectivity index (χ2n) is 6.88. The summed E-state index contributed by atoms with van der Waals surface area (Å²) >= 11 is 0. The zero-order valence-electron chi connectivity index (χ0n) is 16.1. The third kappa shape index (κ3) is 4.01. The predicted octanol–water partition coefficient (Wildman–Crippen LogP) is 2.50. The van der Waals surface area contributed by atoms with Gasteiger partial charge in [0, 0.05) is 24.8 Å². The molecule has 1 saturated heterocycles. The summed E-state index contributed by atoms with van der Waals surface area (Å²) in [6.45, 7) is 2.98. The first-order chi connectivity index (χ1) is 14.1. The van der Waals surface area contributed by atoms with Crippen molar-refractivity contribution in [2.24, 2.45) is 0 Å². The van der Waals surface area contributed by atoms with Crippen LogP contribution in [0.25, 0.3) is 0 Å². The highest BCUT2D eigenvalue weighted by atomic mass is 16.5. The number of aromatic nitrogens is 3. The monoisotopic (exact) mass is 391 g/mol. The highest BCUT2D eigenvalue weighted by Crippen LogP contribution is 2.26. The Balaban J connectivity index is 1.66. The first kappa shape index (κ1) is 18.8. The zero-order chi connectivity index (χ0) is 20.2. The quantitative estimate of drug-likeness (QED) is 0.681. The normalized spacial score (nSPS) is 17.1. The van der Waals surface area contributed by atoms with Crippen LogP contribution in [0.3, 0.4) is 0 Å². The minimum atomic E-state index is -0.529. The first-order valence-corrected chi connectivity index (χ1v) is 9.50. The van der Waals surface area contributed by atoms with E-state index in [4.69, 9.17) is 4.52 Å². The Morgan fingerprint density at radius 3 is 2.52 bits per heavy atom. The molecule has 0 radical (unpaired) electrons. The molecule has 1 atom stereocenters. The molecule has 29 heavy (non-hydrogen) atoms. The molecule has 0 aliphatic carbocycles. The number of carbonyl (C=O) groups excluding carboxylic acids is 2. The van der Waals surface area contributed by atoms with E-state index < -0.39 is 6.04 Å². The van der Waals surface area contributed by atoms with Gasteiger partial charge >= 0.3 is 0 Å². The van der Waals surface area contributed by atoms with E-state index in [1.54, 1.807) is 53.3 Å². The number of carbonyl (C=O) groups is 2. The Morgan fingerprint density at radius 1 is 1.03 bits per heavy atom. The fourth-order valence-electron chi connectivity index (χ4n) is 3.47. The average molecular weight is 391 g/mol. The highest BCUT2D eigenvalue weighted by molar-refractivity contribution is 5.95. The van der Waals surface area contributed by atoms with E-state index in [0.29, 0.717) is 42.5 Å². The Hall–Kier alpha value is -3.55. The van der Waals surface area contributed by atoms with Crippen LogP contribution in [0.4, 0.5) is 0 Å². The average Bonchev–Trinajstić information content (AvgIpc) is 3.07. The second kappa shape index (κ2) is 8.22. The number of amides is 2. The fraction of sp³-hybridized carbons (Fsp3) is 0.286. The molecule has 3 heterocycles. The van der Waals surface area contributed by atoms with Gasteiger partial charge in [0.15, 0.2) is 5.82 Å². The van der Waals surface area contributed by atoms with Crippen LogP contribution in [-0.2, 0) is 0 Å². The number of rotatable bonds is 3. The Morgan fingerprint density at radius 2 is 1.83 bits per heavy atom. The van der Waals surface area contributed by atoms with Crippen LogP contribution in [-0.4, -0.2) is 56.4 Å². The molecule has 4 rings (SSSR count). The smallest absolute Gasteiger partial charge is 0.272 e. The van der Waals surface area contributed by atoms with Crippen molar-refractivity contribution in [1.82, 2.24) is 24.9 Å². The predicted molar refractivity (Wildman–Crippen MR) is 104 cm³/mol. The Kier molecular flexibility index (Phi) is 5.33. The van der Waals surface area contributed by atoms with Crippen LogP contribution in [0.15, 0.2) is 59.3 Å². The van der Waals surface area contributed by atoms with Gasteiger partial charge in [0.05, 0.1) is 6.54 Å². The number of hydrogen-bond acceptors (Lipinski definition) is 6. The molecule has 2 amide bonds. The third-order valence-electron chi connectivity index (χ3n) is 4.88. The molecule has 1 unspecified atom stereocenters. The molecular formula is C21H21N5O3. The van der Waals surface area contributed by atoms with Crippen LogP contribution in [0.5, 0.6) is 0 Å². The van der Waals surface area contributed by atoms with E-state index >= 15 is 0 Å². The van der Waals surface area contributed by atoms with Crippen molar-refractivity contribution in [1.29, 1.82) is 0 Å². The maximum Gasteiger partial charge on any atom is 0.272 e. The van der Waals surface area contributed by atoms with Gasteiger partial charge in [-0.15, -0.1) is 0 Å². The molecule has 8 nitrogen and oxygen atoms in total. The summed E-state index contributed by atoms with van der Waals surface area (Å²) < 4.78 is 5.40. The number of pyridine rings is 1. The summed E-state index contributed by atoms with van der Waals surface area (Å²) in [5, 5.41) is 3.88. The lowest BCUT2D eigenvalue weighted by Crippen LogP contribution is -2.40. The largest absolute Gasteiger partial charge is 0.337 e. The van der Waals surface area contributed by atoms with Gasteiger partial charge in [-0.25, -0.2) is 0 Å². The molecule has 0 saturated carbocycles. The molecule has 1 aromatic carbocycles. The summed E-state index contributed by atoms with van der Waals surface area (Å²) in [7, 11) is 0. The van der Waals surface area contributed by atoms with Gasteiger partial charge in [0.1, 0.15) is 11.7 Å². The number of benzene rings is 1. The second-order valence-corrected chi connectivity index (χ2v) is 6.88. The number of nitrogens with zero attached hydrogens (tertiary/aromatic N) is 5. The summed E-state index contributed by atoms with van der Waals surface area (Å²) in [6.07, 6.45) is 2.23. The van der Waals surface area contributed by atoms with E-state index in [-0.39, 0.29) is 18.4 Å². The molecule has 148 valence electrons. The standard InChI is InChI=1S/C21H21N5O3/c1-15-23-19(29-24-15)18-14-25(21(28)17-10-5-6-11-22-17)12-7-13-26(18)20(27)16-8-3-2-4-9-16/h2-6,8-11,18H,7,12-14H2,1H3. The van der Waals surface area contributed by atoms with Crippen molar-refractivity contribution in [2.75, 3.05) is 19.6 Å². The molecule has 3 aromatic rings. The lowest BCUT2D eigenvalue weighted by atomic mass is 10.1. The summed E-state index contributed by atoms with van der Waals surface area (Å²) in [4.78, 5) is 38.1. The van der Waals surface area contributed by atoms with Crippen LogP contribution >= 0.6 is 0 Å². The van der Waals surface area contributed by atoms with Crippen molar-refractivity contribution in [3.8, 4) is 0 Å². The highest BCUT2D eigenvalue weighted by Gasteiger charge is 2.35. The summed E-state index contributed by atoms with van der Waals surface area (Å²) in [5.74, 6) is 0.505. The fourth-order valence-corrected chi connectivity index (χ4v) is 3.47. The molecule has 1 aliphatic heterocycles. The van der Waals surface area contributed by atoms with E-state index in [2.05, 4.69) is 15.1 Å². The summed E-state index contributed by atoms with van der Waals surface area (Å²) in [5.41, 5.74) is 0.953. The van der Waals surface area contributed by atoms with Crippen LogP contribution < -0.4 is 0 Å². The van der Waals surface area contributed by atoms with Gasteiger partial charge in [-0.2, -0.15) is 4.98 Å². The van der Waals surface area contributed by atoms with Crippen LogP contribution in [0, 0.1) is 6.92 Å². The van der Waals surface area contributed by atoms with Crippen molar-refractivity contribution in [3.05, 3.63) is 77.7 Å². The maximum atomic E-state index is 13.2. The minimum absolute atomic E-state index is 0.126. The minimum Gasteiger partial charge on any atom is -0.337 e. The SMILES string of the molecule is Cc1noc(C2CN(C(=O)c3ccccn3)CCCN2C(=O)c2ccccc2)n1. The van der Waals surface area contributed by atoms with Gasteiger partial charge in [-0.05, 0) is 37.6 Å². The van der Waals surface area contributed by atoms with E-state index in [1.807, 2.05) is 18.2 Å². The van der Waals surface area contributed by atoms with E-state index in [1.165, 1.54) is 0 Å². The van der Waals surface area contributed by atoms with Crippen molar-refractivity contribution in [2.45, 2.75) is 19.4 Å². The van der Waals surface area contributed by atoms with Gasteiger partial charge in [0.2, 0.25) is 0 Å². The Bertz CT molecular complexity index is 990. The topological polar surface area (TPSA) is 92.4 Å². The van der Waals surface area contributed by atoms with Crippen LogP contribution in [0.1, 0.15) is 45.0 Å². The molecule has 1 aliphatic rings. The zero-order valence-corrected chi connectivity index (χ0v) is 16.1.